The topological polar surface area (TPSA) is 110 Å². The Morgan fingerprint density at radius 2 is 1.81 bits per heavy atom. The molecule has 27 heavy (non-hydrogen) atoms. The fraction of sp³-hybridized carbons (Fsp3) is 0.0500. The molecule has 1 heterocycles. The molecule has 0 saturated carbocycles. The first-order valence-electron chi connectivity index (χ1n) is 8.19. The van der Waals surface area contributed by atoms with Gasteiger partial charge in [-0.25, -0.2) is 10.8 Å². The van der Waals surface area contributed by atoms with Crippen LogP contribution in [0.5, 0.6) is 5.88 Å². The lowest BCUT2D eigenvalue weighted by Gasteiger charge is -2.06. The van der Waals surface area contributed by atoms with Gasteiger partial charge in [-0.05, 0) is 18.2 Å². The third kappa shape index (κ3) is 3.36. The Labute approximate surface area is 155 Å². The van der Waals surface area contributed by atoms with Gasteiger partial charge in [-0.2, -0.15) is 0 Å². The Balaban J connectivity index is 2.24. The first-order chi connectivity index (χ1) is 13.1. The molecule has 3 rings (SSSR count). The average Bonchev–Trinajstić information content (AvgIpc) is 2.98. The maximum absolute atomic E-state index is 12.5. The molecule has 7 nitrogen and oxygen atoms in total. The number of carbonyl (C=O) groups is 2. The van der Waals surface area contributed by atoms with E-state index in [1.807, 2.05) is 5.43 Å². The minimum atomic E-state index is -0.781. The first kappa shape index (κ1) is 18.1. The van der Waals surface area contributed by atoms with E-state index in [4.69, 9.17) is 5.84 Å². The van der Waals surface area contributed by atoms with E-state index in [9.17, 15) is 14.7 Å². The van der Waals surface area contributed by atoms with E-state index in [2.05, 4.69) is 11.6 Å². The number of allylic oxidation sites excluding steroid dienone is 1. The molecule has 1 aromatic heterocycles. The van der Waals surface area contributed by atoms with E-state index in [1.165, 1.54) is 0 Å². The summed E-state index contributed by atoms with van der Waals surface area (Å²) in [5.41, 5.74) is 2.86. The number of aromatic nitrogens is 1. The Kier molecular flexibility index (Phi) is 5.14. The SMILES string of the molecule is C=CCn1c(O)c(C(=NC(=O)c2ccccc2)C(=O)NN)c2ccccc21. The van der Waals surface area contributed by atoms with Crippen LogP contribution in [-0.2, 0) is 11.3 Å². The molecule has 0 spiro atoms. The zero-order chi connectivity index (χ0) is 19.4. The number of hydrogen-bond acceptors (Lipinski definition) is 4. The summed E-state index contributed by atoms with van der Waals surface area (Å²) in [7, 11) is 0. The van der Waals surface area contributed by atoms with Crippen LogP contribution in [0.3, 0.4) is 0 Å². The Bertz CT molecular complexity index is 1050. The number of aromatic hydroxyl groups is 1. The van der Waals surface area contributed by atoms with E-state index in [0.29, 0.717) is 23.0 Å². The van der Waals surface area contributed by atoms with Crippen LogP contribution in [0.15, 0.2) is 72.2 Å². The van der Waals surface area contributed by atoms with Gasteiger partial charge >= 0.3 is 0 Å². The zero-order valence-corrected chi connectivity index (χ0v) is 14.4. The van der Waals surface area contributed by atoms with Crippen molar-refractivity contribution in [2.24, 2.45) is 10.8 Å². The third-order valence-corrected chi connectivity index (χ3v) is 4.07. The zero-order valence-electron chi connectivity index (χ0n) is 14.4. The number of rotatable bonds is 5. The van der Waals surface area contributed by atoms with Crippen LogP contribution in [0.2, 0.25) is 0 Å². The molecule has 7 heteroatoms. The van der Waals surface area contributed by atoms with E-state index < -0.39 is 11.8 Å². The average molecular weight is 362 g/mol. The first-order valence-corrected chi connectivity index (χ1v) is 8.19. The largest absolute Gasteiger partial charge is 0.494 e. The smallest absolute Gasteiger partial charge is 0.284 e. The number of fused-ring (bicyclic) bond motifs is 1. The predicted molar refractivity (Wildman–Crippen MR) is 103 cm³/mol. The summed E-state index contributed by atoms with van der Waals surface area (Å²) >= 11 is 0. The van der Waals surface area contributed by atoms with Gasteiger partial charge in [0.1, 0.15) is 5.71 Å². The third-order valence-electron chi connectivity index (χ3n) is 4.07. The van der Waals surface area contributed by atoms with Gasteiger partial charge in [0, 0.05) is 17.5 Å². The van der Waals surface area contributed by atoms with Crippen LogP contribution in [-0.4, -0.2) is 27.2 Å². The molecule has 0 unspecified atom stereocenters. The van der Waals surface area contributed by atoms with Crippen molar-refractivity contribution < 1.29 is 14.7 Å². The molecule has 0 aliphatic heterocycles. The summed E-state index contributed by atoms with van der Waals surface area (Å²) in [4.78, 5) is 28.9. The van der Waals surface area contributed by atoms with Crippen LogP contribution in [0.4, 0.5) is 0 Å². The summed E-state index contributed by atoms with van der Waals surface area (Å²) in [5, 5.41) is 11.3. The molecule has 4 N–H and O–H groups in total. The molecule has 0 bridgehead atoms. The number of nitrogens with two attached hydrogens (primary N) is 1. The molecule has 2 aromatic carbocycles. The minimum absolute atomic E-state index is 0.139. The van der Waals surface area contributed by atoms with Crippen molar-refractivity contribution in [1.82, 2.24) is 9.99 Å². The summed E-state index contributed by atoms with van der Waals surface area (Å²) in [6.07, 6.45) is 1.62. The number of amides is 2. The highest BCUT2D eigenvalue weighted by molar-refractivity contribution is 6.49. The lowest BCUT2D eigenvalue weighted by atomic mass is 10.1. The van der Waals surface area contributed by atoms with Gasteiger partial charge in [-0.3, -0.25) is 15.0 Å². The molecular formula is C20H18N4O3. The molecule has 0 saturated heterocycles. The number of para-hydroxylation sites is 1. The molecule has 2 amide bonds. The molecular weight excluding hydrogens is 344 g/mol. The lowest BCUT2D eigenvalue weighted by Crippen LogP contribution is -2.37. The van der Waals surface area contributed by atoms with Gasteiger partial charge in [0.2, 0.25) is 5.88 Å². The van der Waals surface area contributed by atoms with Crippen molar-refractivity contribution in [3.8, 4) is 5.88 Å². The van der Waals surface area contributed by atoms with Crippen LogP contribution in [0.25, 0.3) is 10.9 Å². The van der Waals surface area contributed by atoms with Crippen LogP contribution < -0.4 is 11.3 Å². The lowest BCUT2D eigenvalue weighted by molar-refractivity contribution is -0.114. The normalized spacial score (nSPS) is 11.4. The summed E-state index contributed by atoms with van der Waals surface area (Å²) in [6.45, 7) is 4.00. The Morgan fingerprint density at radius 1 is 1.15 bits per heavy atom. The van der Waals surface area contributed by atoms with Gasteiger partial charge in [0.05, 0.1) is 11.1 Å². The number of carbonyl (C=O) groups excluding carboxylic acids is 2. The molecule has 0 aliphatic rings. The highest BCUT2D eigenvalue weighted by atomic mass is 16.3. The van der Waals surface area contributed by atoms with E-state index in [0.717, 1.165) is 0 Å². The van der Waals surface area contributed by atoms with Gasteiger partial charge in [0.25, 0.3) is 11.8 Å². The summed E-state index contributed by atoms with van der Waals surface area (Å²) in [5.74, 6) is 3.70. The maximum Gasteiger partial charge on any atom is 0.284 e. The Hall–Kier alpha value is -3.71. The van der Waals surface area contributed by atoms with E-state index in [1.54, 1.807) is 65.2 Å². The second-order valence-electron chi connectivity index (χ2n) is 5.72. The van der Waals surface area contributed by atoms with Crippen LogP contribution in [0.1, 0.15) is 15.9 Å². The van der Waals surface area contributed by atoms with Crippen molar-refractivity contribution in [3.05, 3.63) is 78.4 Å². The van der Waals surface area contributed by atoms with E-state index >= 15 is 0 Å². The summed E-state index contributed by atoms with van der Waals surface area (Å²) in [6, 6.07) is 15.4. The van der Waals surface area contributed by atoms with Gasteiger partial charge in [-0.1, -0.05) is 42.5 Å². The molecule has 0 fully saturated rings. The van der Waals surface area contributed by atoms with E-state index in [-0.39, 0.29) is 17.2 Å². The van der Waals surface area contributed by atoms with Crippen LogP contribution >= 0.6 is 0 Å². The minimum Gasteiger partial charge on any atom is -0.494 e. The highest BCUT2D eigenvalue weighted by Crippen LogP contribution is 2.32. The van der Waals surface area contributed by atoms with Crippen molar-refractivity contribution >= 4 is 28.4 Å². The molecule has 0 atom stereocenters. The van der Waals surface area contributed by atoms with Crippen molar-refractivity contribution in [2.45, 2.75) is 6.54 Å². The number of nitrogens with zero attached hydrogens (tertiary/aromatic N) is 2. The number of aliphatic imine (C=N–C) groups is 1. The molecule has 0 aliphatic carbocycles. The standard InChI is InChI=1S/C20H18N4O3/c1-2-12-24-15-11-7-6-10-14(15)16(20(24)27)17(19(26)23-21)22-18(25)13-8-4-3-5-9-13/h2-11,27H,1,12,21H2,(H,23,26). The van der Waals surface area contributed by atoms with Gasteiger partial charge in [-0.15, -0.1) is 6.58 Å². The number of hydrazine groups is 1. The highest BCUT2D eigenvalue weighted by Gasteiger charge is 2.26. The Morgan fingerprint density at radius 3 is 2.48 bits per heavy atom. The van der Waals surface area contributed by atoms with Crippen molar-refractivity contribution in [2.75, 3.05) is 0 Å². The predicted octanol–water partition coefficient (Wildman–Crippen LogP) is 2.15. The quantitative estimate of drug-likeness (QED) is 0.212. The fourth-order valence-corrected chi connectivity index (χ4v) is 2.87. The monoisotopic (exact) mass is 362 g/mol. The fourth-order valence-electron chi connectivity index (χ4n) is 2.87. The number of hydrogen-bond donors (Lipinski definition) is 3. The van der Waals surface area contributed by atoms with Crippen molar-refractivity contribution in [3.63, 3.8) is 0 Å². The molecule has 0 radical (unpaired) electrons. The van der Waals surface area contributed by atoms with Gasteiger partial charge in [0.15, 0.2) is 0 Å². The van der Waals surface area contributed by atoms with Crippen LogP contribution in [0, 0.1) is 0 Å². The molecule has 136 valence electrons. The molecule has 3 aromatic rings. The van der Waals surface area contributed by atoms with Crippen molar-refractivity contribution in [1.29, 1.82) is 0 Å². The maximum atomic E-state index is 12.5. The van der Waals surface area contributed by atoms with Gasteiger partial charge < -0.3 is 9.67 Å². The summed E-state index contributed by atoms with van der Waals surface area (Å²) < 4.78 is 1.57. The second-order valence-corrected chi connectivity index (χ2v) is 5.72. The second kappa shape index (κ2) is 7.67. The number of nitrogens with one attached hydrogen (secondary N) is 1. The number of benzene rings is 2.